The first kappa shape index (κ1) is 14.8. The van der Waals surface area contributed by atoms with Crippen molar-refractivity contribution in [1.29, 1.82) is 0 Å². The fraction of sp³-hybridized carbons (Fsp3) is 0.444. The van der Waals surface area contributed by atoms with Gasteiger partial charge in [-0.25, -0.2) is 9.37 Å². The Morgan fingerprint density at radius 1 is 1.41 bits per heavy atom. The quantitative estimate of drug-likeness (QED) is 0.854. The molecular formula is C18H22NO3+. The summed E-state index contributed by atoms with van der Waals surface area (Å²) < 4.78 is 7.13. The molecule has 0 aromatic heterocycles. The molecule has 1 atom stereocenters. The molecule has 4 heteroatoms. The van der Waals surface area contributed by atoms with E-state index in [0.717, 1.165) is 17.7 Å². The van der Waals surface area contributed by atoms with Gasteiger partial charge >= 0.3 is 5.97 Å². The number of ether oxygens (including phenoxy) is 1. The SMILES string of the molecule is COc1ccc2c(c1)CC(C)(C)/C2=C1\C=[N+](C)C(C(=O)O)C1. The number of carboxylic acid groups (broad SMARTS) is 1. The number of methoxy groups -OCH3 is 1. The molecule has 1 heterocycles. The van der Waals surface area contributed by atoms with E-state index in [-0.39, 0.29) is 5.41 Å². The summed E-state index contributed by atoms with van der Waals surface area (Å²) in [6.07, 6.45) is 3.51. The molecule has 0 amide bonds. The summed E-state index contributed by atoms with van der Waals surface area (Å²) in [6, 6.07) is 5.72. The summed E-state index contributed by atoms with van der Waals surface area (Å²) in [7, 11) is 3.52. The lowest BCUT2D eigenvalue weighted by molar-refractivity contribution is -0.513. The van der Waals surface area contributed by atoms with Crippen LogP contribution in [0.1, 0.15) is 31.4 Å². The van der Waals surface area contributed by atoms with Crippen LogP contribution in [-0.4, -0.2) is 42.1 Å². The van der Waals surface area contributed by atoms with Gasteiger partial charge in [0, 0.05) is 5.57 Å². The van der Waals surface area contributed by atoms with Crippen LogP contribution in [0.4, 0.5) is 0 Å². The molecule has 3 rings (SSSR count). The Bertz CT molecular complexity index is 713. The molecular weight excluding hydrogens is 278 g/mol. The highest BCUT2D eigenvalue weighted by molar-refractivity contribution is 5.95. The Balaban J connectivity index is 2.12. The third kappa shape index (κ3) is 2.23. The number of benzene rings is 1. The molecule has 1 unspecified atom stereocenters. The van der Waals surface area contributed by atoms with Crippen molar-refractivity contribution in [2.45, 2.75) is 32.7 Å². The maximum Gasteiger partial charge on any atom is 0.373 e. The number of hydrogen-bond donors (Lipinski definition) is 1. The predicted octanol–water partition coefficient (Wildman–Crippen LogP) is 2.60. The van der Waals surface area contributed by atoms with Crippen molar-refractivity contribution in [3.63, 3.8) is 0 Å². The molecule has 1 aliphatic heterocycles. The highest BCUT2D eigenvalue weighted by atomic mass is 16.5. The van der Waals surface area contributed by atoms with Gasteiger partial charge in [-0.1, -0.05) is 19.9 Å². The summed E-state index contributed by atoms with van der Waals surface area (Å²) >= 11 is 0. The average molecular weight is 300 g/mol. The summed E-state index contributed by atoms with van der Waals surface area (Å²) in [4.78, 5) is 11.4. The minimum absolute atomic E-state index is 0.00870. The maximum absolute atomic E-state index is 11.4. The fourth-order valence-electron chi connectivity index (χ4n) is 3.79. The van der Waals surface area contributed by atoms with Crippen LogP contribution in [-0.2, 0) is 11.2 Å². The maximum atomic E-state index is 11.4. The van der Waals surface area contributed by atoms with E-state index in [9.17, 15) is 9.90 Å². The smallest absolute Gasteiger partial charge is 0.373 e. The van der Waals surface area contributed by atoms with Crippen molar-refractivity contribution in [2.24, 2.45) is 5.41 Å². The number of likely N-dealkylation sites (N-methyl/N-ethyl adjacent to an activating group) is 1. The zero-order valence-corrected chi connectivity index (χ0v) is 13.5. The Morgan fingerprint density at radius 2 is 2.14 bits per heavy atom. The number of nitrogens with zero attached hydrogens (tertiary/aromatic N) is 1. The minimum Gasteiger partial charge on any atom is -0.497 e. The molecule has 4 nitrogen and oxygen atoms in total. The average Bonchev–Trinajstić information content (AvgIpc) is 2.93. The molecule has 0 saturated carbocycles. The number of carbonyl (C=O) groups is 1. The summed E-state index contributed by atoms with van der Waals surface area (Å²) in [6.45, 7) is 4.45. The zero-order valence-electron chi connectivity index (χ0n) is 13.5. The number of hydrogen-bond acceptors (Lipinski definition) is 2. The van der Waals surface area contributed by atoms with Crippen LogP contribution < -0.4 is 4.74 Å². The molecule has 0 fully saturated rings. The lowest BCUT2D eigenvalue weighted by Crippen LogP contribution is -2.27. The number of aliphatic carboxylic acids is 1. The van der Waals surface area contributed by atoms with E-state index in [1.54, 1.807) is 7.11 Å². The monoisotopic (exact) mass is 300 g/mol. The Kier molecular flexibility index (Phi) is 3.35. The van der Waals surface area contributed by atoms with E-state index < -0.39 is 12.0 Å². The van der Waals surface area contributed by atoms with Crippen molar-refractivity contribution in [1.82, 2.24) is 0 Å². The molecule has 0 radical (unpaired) electrons. The second kappa shape index (κ2) is 4.97. The van der Waals surface area contributed by atoms with E-state index >= 15 is 0 Å². The summed E-state index contributed by atoms with van der Waals surface area (Å²) in [5, 5.41) is 9.34. The molecule has 1 aliphatic carbocycles. The molecule has 2 aliphatic rings. The molecule has 22 heavy (non-hydrogen) atoms. The third-order valence-corrected chi connectivity index (χ3v) is 4.76. The van der Waals surface area contributed by atoms with Crippen molar-refractivity contribution in [3.05, 3.63) is 34.9 Å². The van der Waals surface area contributed by atoms with Gasteiger partial charge in [-0.2, -0.15) is 0 Å². The van der Waals surface area contributed by atoms with Gasteiger partial charge in [0.05, 0.1) is 13.5 Å². The van der Waals surface area contributed by atoms with E-state index in [0.29, 0.717) is 6.42 Å². The lowest BCUT2D eigenvalue weighted by Gasteiger charge is -2.21. The Morgan fingerprint density at radius 3 is 2.73 bits per heavy atom. The van der Waals surface area contributed by atoms with Crippen LogP contribution in [0.3, 0.4) is 0 Å². The normalized spacial score (nSPS) is 25.8. The Hall–Kier alpha value is -2.10. The third-order valence-electron chi connectivity index (χ3n) is 4.76. The van der Waals surface area contributed by atoms with Gasteiger partial charge in [0.2, 0.25) is 0 Å². The lowest BCUT2D eigenvalue weighted by atomic mass is 9.81. The van der Waals surface area contributed by atoms with Gasteiger partial charge in [0.1, 0.15) is 12.8 Å². The largest absolute Gasteiger partial charge is 0.497 e. The Labute approximate surface area is 130 Å². The van der Waals surface area contributed by atoms with Gasteiger partial charge in [0.25, 0.3) is 6.04 Å². The van der Waals surface area contributed by atoms with E-state index in [4.69, 9.17) is 4.74 Å². The second-order valence-corrected chi connectivity index (χ2v) is 6.84. The van der Waals surface area contributed by atoms with Crippen LogP contribution in [0.5, 0.6) is 5.75 Å². The van der Waals surface area contributed by atoms with Gasteiger partial charge in [-0.05, 0) is 40.7 Å². The molecule has 0 bridgehead atoms. The molecule has 1 aromatic rings. The molecule has 1 N–H and O–H groups in total. The fourth-order valence-corrected chi connectivity index (χ4v) is 3.79. The van der Waals surface area contributed by atoms with Gasteiger partial charge in [-0.3, -0.25) is 0 Å². The highest BCUT2D eigenvalue weighted by Gasteiger charge is 2.41. The van der Waals surface area contributed by atoms with Gasteiger partial charge in [-0.15, -0.1) is 0 Å². The first-order chi connectivity index (χ1) is 10.3. The first-order valence-electron chi connectivity index (χ1n) is 7.54. The highest BCUT2D eigenvalue weighted by Crippen LogP contribution is 2.49. The number of fused-ring (bicyclic) bond motifs is 1. The zero-order chi connectivity index (χ0) is 16.1. The minimum atomic E-state index is -0.764. The standard InChI is InChI=1S/C18H21NO3/c1-18(2)9-11-7-13(22-4)5-6-14(11)16(18)12-8-15(17(20)21)19(3)10-12/h5-7,10,15H,8-9H2,1-4H3/p+1/b16-12-. The summed E-state index contributed by atoms with van der Waals surface area (Å²) in [5.74, 6) is 0.108. The molecule has 1 aromatic carbocycles. The number of carboxylic acids is 1. The van der Waals surface area contributed by atoms with E-state index in [1.807, 2.05) is 23.9 Å². The van der Waals surface area contributed by atoms with Crippen LogP contribution in [0.2, 0.25) is 0 Å². The number of allylic oxidation sites excluding steroid dienone is 1. The number of rotatable bonds is 2. The topological polar surface area (TPSA) is 49.5 Å². The van der Waals surface area contributed by atoms with Gasteiger partial charge in [0.15, 0.2) is 6.21 Å². The first-order valence-corrected chi connectivity index (χ1v) is 7.54. The van der Waals surface area contributed by atoms with Crippen molar-refractivity contribution < 1.29 is 19.2 Å². The van der Waals surface area contributed by atoms with Crippen LogP contribution in [0.25, 0.3) is 5.57 Å². The van der Waals surface area contributed by atoms with E-state index in [2.05, 4.69) is 26.0 Å². The summed E-state index contributed by atoms with van der Waals surface area (Å²) in [5.41, 5.74) is 4.94. The van der Waals surface area contributed by atoms with Crippen molar-refractivity contribution in [3.8, 4) is 5.75 Å². The predicted molar refractivity (Wildman–Crippen MR) is 85.7 cm³/mol. The van der Waals surface area contributed by atoms with Crippen LogP contribution in [0.15, 0.2) is 23.8 Å². The van der Waals surface area contributed by atoms with Crippen molar-refractivity contribution >= 4 is 17.8 Å². The van der Waals surface area contributed by atoms with Crippen LogP contribution >= 0.6 is 0 Å². The van der Waals surface area contributed by atoms with E-state index in [1.165, 1.54) is 16.7 Å². The molecule has 0 saturated heterocycles. The second-order valence-electron chi connectivity index (χ2n) is 6.84. The van der Waals surface area contributed by atoms with Crippen LogP contribution in [0, 0.1) is 5.41 Å². The molecule has 116 valence electrons. The van der Waals surface area contributed by atoms with Crippen molar-refractivity contribution in [2.75, 3.05) is 14.2 Å². The van der Waals surface area contributed by atoms with Gasteiger partial charge < -0.3 is 9.84 Å². The molecule has 0 spiro atoms.